The van der Waals surface area contributed by atoms with E-state index >= 15 is 0 Å². The molecule has 0 aromatic heterocycles. The second kappa shape index (κ2) is 8.34. The molecule has 9 nitrogen and oxygen atoms in total. The van der Waals surface area contributed by atoms with E-state index in [0.29, 0.717) is 11.4 Å². The molecule has 4 rings (SSSR count). The molecule has 1 spiro atoms. The summed E-state index contributed by atoms with van der Waals surface area (Å²) < 4.78 is 33.9. The number of guanidine groups is 2. The first kappa shape index (κ1) is 21.9. The summed E-state index contributed by atoms with van der Waals surface area (Å²) in [6.07, 6.45) is 4.76. The van der Waals surface area contributed by atoms with Crippen molar-refractivity contribution >= 4 is 33.3 Å². The summed E-state index contributed by atoms with van der Waals surface area (Å²) in [7, 11) is -2.33. The zero-order valence-electron chi connectivity index (χ0n) is 18.2. The molecule has 0 atom stereocenters. The lowest BCUT2D eigenvalue weighted by molar-refractivity contribution is 0.305. The van der Waals surface area contributed by atoms with Crippen LogP contribution in [0.3, 0.4) is 0 Å². The fourth-order valence-corrected chi connectivity index (χ4v) is 5.44. The van der Waals surface area contributed by atoms with Crippen molar-refractivity contribution in [3.63, 3.8) is 0 Å². The van der Waals surface area contributed by atoms with Gasteiger partial charge in [-0.05, 0) is 74.6 Å². The van der Waals surface area contributed by atoms with Gasteiger partial charge in [0.1, 0.15) is 11.4 Å². The summed E-state index contributed by atoms with van der Waals surface area (Å²) in [5, 5.41) is 0. The van der Waals surface area contributed by atoms with Gasteiger partial charge in [-0.3, -0.25) is 9.62 Å². The van der Waals surface area contributed by atoms with Crippen LogP contribution in [0.5, 0.6) is 5.75 Å². The highest BCUT2D eigenvalue weighted by Crippen LogP contribution is 2.39. The highest BCUT2D eigenvalue weighted by atomic mass is 32.2. The fraction of sp³-hybridized carbons (Fsp3) is 0.364. The standard InChI is InChI=1S/C22H28N6O3S/c1-15-6-11-19(31-2)18(14-15)27-32(29,30)17-9-7-16(8-10-17)28-21(24)25-20(23)26-22(28)12-4-3-5-13-22/h6-11,14,27H,3-5,12-13H2,1-2H3,(H4,23,24,25,26). The molecule has 2 aromatic carbocycles. The van der Waals surface area contributed by atoms with Crippen LogP contribution in [-0.2, 0) is 10.0 Å². The fourth-order valence-electron chi connectivity index (χ4n) is 4.37. The number of benzene rings is 2. The number of nitrogens with zero attached hydrogens (tertiary/aromatic N) is 3. The third-order valence-corrected chi connectivity index (χ3v) is 7.24. The van der Waals surface area contributed by atoms with E-state index in [4.69, 9.17) is 16.2 Å². The molecular weight excluding hydrogens is 428 g/mol. The SMILES string of the molecule is COc1ccc(C)cc1NS(=O)(=O)c1ccc(N2C(N)=NC(N)=NC23CCCCC3)cc1. The Hall–Kier alpha value is -3.27. The van der Waals surface area contributed by atoms with Crippen LogP contribution in [0.4, 0.5) is 11.4 Å². The summed E-state index contributed by atoms with van der Waals surface area (Å²) in [6, 6.07) is 11.8. The lowest BCUT2D eigenvalue weighted by atomic mass is 9.87. The topological polar surface area (TPSA) is 135 Å². The van der Waals surface area contributed by atoms with Gasteiger partial charge in [0, 0.05) is 5.69 Å². The van der Waals surface area contributed by atoms with Crippen molar-refractivity contribution in [1.29, 1.82) is 0 Å². The van der Waals surface area contributed by atoms with Gasteiger partial charge in [-0.15, -0.1) is 0 Å². The highest BCUT2D eigenvalue weighted by Gasteiger charge is 2.42. The molecule has 1 saturated carbocycles. The van der Waals surface area contributed by atoms with E-state index in [9.17, 15) is 8.42 Å². The van der Waals surface area contributed by atoms with Crippen LogP contribution in [0, 0.1) is 6.92 Å². The predicted octanol–water partition coefficient (Wildman–Crippen LogP) is 2.91. The summed E-state index contributed by atoms with van der Waals surface area (Å²) >= 11 is 0. The minimum atomic E-state index is -3.82. The smallest absolute Gasteiger partial charge is 0.262 e. The van der Waals surface area contributed by atoms with Gasteiger partial charge in [0.25, 0.3) is 10.0 Å². The first-order valence-electron chi connectivity index (χ1n) is 10.5. The van der Waals surface area contributed by atoms with Crippen molar-refractivity contribution in [3.8, 4) is 5.75 Å². The van der Waals surface area contributed by atoms with E-state index in [0.717, 1.165) is 43.4 Å². The summed E-state index contributed by atoms with van der Waals surface area (Å²) in [5.74, 6) is 0.886. The Kier molecular flexibility index (Phi) is 5.72. The number of hydrogen-bond acceptors (Lipinski definition) is 8. The first-order valence-corrected chi connectivity index (χ1v) is 12.0. The Morgan fingerprint density at radius 1 is 1.06 bits per heavy atom. The van der Waals surface area contributed by atoms with E-state index in [2.05, 4.69) is 14.7 Å². The van der Waals surface area contributed by atoms with Gasteiger partial charge in [-0.25, -0.2) is 13.4 Å². The molecule has 0 bridgehead atoms. The van der Waals surface area contributed by atoms with Gasteiger partial charge in [0.15, 0.2) is 0 Å². The minimum Gasteiger partial charge on any atom is -0.495 e. The van der Waals surface area contributed by atoms with E-state index in [-0.39, 0.29) is 16.8 Å². The van der Waals surface area contributed by atoms with E-state index < -0.39 is 15.7 Å². The molecule has 0 radical (unpaired) electrons. The molecule has 1 fully saturated rings. The number of anilines is 2. The van der Waals surface area contributed by atoms with Crippen molar-refractivity contribution in [2.24, 2.45) is 21.5 Å². The Labute approximate surface area is 188 Å². The van der Waals surface area contributed by atoms with Crippen LogP contribution in [0.15, 0.2) is 57.3 Å². The van der Waals surface area contributed by atoms with Crippen molar-refractivity contribution in [3.05, 3.63) is 48.0 Å². The van der Waals surface area contributed by atoms with Crippen LogP contribution in [0.1, 0.15) is 37.7 Å². The maximum Gasteiger partial charge on any atom is 0.262 e. The van der Waals surface area contributed by atoms with E-state index in [1.807, 2.05) is 17.9 Å². The Morgan fingerprint density at radius 2 is 1.75 bits per heavy atom. The normalized spacial score (nSPS) is 18.1. The predicted molar refractivity (Wildman–Crippen MR) is 127 cm³/mol. The van der Waals surface area contributed by atoms with Gasteiger partial charge < -0.3 is 16.2 Å². The van der Waals surface area contributed by atoms with Crippen molar-refractivity contribution in [2.45, 2.75) is 49.6 Å². The maximum atomic E-state index is 13.0. The van der Waals surface area contributed by atoms with Crippen molar-refractivity contribution in [1.82, 2.24) is 0 Å². The second-order valence-electron chi connectivity index (χ2n) is 8.12. The molecule has 10 heteroatoms. The number of hydrogen-bond donors (Lipinski definition) is 3. The molecule has 0 amide bonds. The first-order chi connectivity index (χ1) is 15.2. The van der Waals surface area contributed by atoms with Crippen LogP contribution in [0.2, 0.25) is 0 Å². The zero-order valence-corrected chi connectivity index (χ0v) is 19.0. The molecule has 1 aliphatic heterocycles. The number of ether oxygens (including phenoxy) is 1. The average molecular weight is 457 g/mol. The zero-order chi connectivity index (χ0) is 22.9. The summed E-state index contributed by atoms with van der Waals surface area (Å²) in [5.41, 5.74) is 13.6. The molecule has 2 aliphatic rings. The Morgan fingerprint density at radius 3 is 2.41 bits per heavy atom. The van der Waals surface area contributed by atoms with Crippen LogP contribution in [0.25, 0.3) is 0 Å². The highest BCUT2D eigenvalue weighted by molar-refractivity contribution is 7.92. The molecule has 32 heavy (non-hydrogen) atoms. The number of aliphatic imine (C=N–C) groups is 2. The number of nitrogens with two attached hydrogens (primary N) is 2. The molecule has 2 aromatic rings. The second-order valence-corrected chi connectivity index (χ2v) is 9.80. The number of nitrogens with one attached hydrogen (secondary N) is 1. The number of rotatable bonds is 5. The largest absolute Gasteiger partial charge is 0.495 e. The lowest BCUT2D eigenvalue weighted by Crippen LogP contribution is -2.58. The van der Waals surface area contributed by atoms with Gasteiger partial charge in [-0.2, -0.15) is 4.99 Å². The molecule has 5 N–H and O–H groups in total. The summed E-state index contributed by atoms with van der Waals surface area (Å²) in [6.45, 7) is 1.88. The van der Waals surface area contributed by atoms with Gasteiger partial charge in [-0.1, -0.05) is 12.5 Å². The number of aryl methyl sites for hydroxylation is 1. The third kappa shape index (κ3) is 4.10. The Bertz CT molecular complexity index is 1170. The van der Waals surface area contributed by atoms with Crippen LogP contribution < -0.4 is 25.8 Å². The molecule has 1 heterocycles. The molecule has 1 aliphatic carbocycles. The Balaban J connectivity index is 1.64. The van der Waals surface area contributed by atoms with Gasteiger partial charge in [0.2, 0.25) is 11.9 Å². The number of sulfonamides is 1. The van der Waals surface area contributed by atoms with Crippen LogP contribution in [-0.4, -0.2) is 33.1 Å². The van der Waals surface area contributed by atoms with Crippen molar-refractivity contribution in [2.75, 3.05) is 16.7 Å². The maximum absolute atomic E-state index is 13.0. The molecule has 0 saturated heterocycles. The van der Waals surface area contributed by atoms with E-state index in [1.54, 1.807) is 36.4 Å². The number of methoxy groups -OCH3 is 1. The van der Waals surface area contributed by atoms with Crippen molar-refractivity contribution < 1.29 is 13.2 Å². The van der Waals surface area contributed by atoms with Gasteiger partial charge in [0.05, 0.1) is 17.7 Å². The molecular formula is C22H28N6O3S. The molecule has 170 valence electrons. The molecule has 0 unspecified atom stereocenters. The van der Waals surface area contributed by atoms with Crippen LogP contribution >= 0.6 is 0 Å². The summed E-state index contributed by atoms with van der Waals surface area (Å²) in [4.78, 5) is 10.8. The quantitative estimate of drug-likeness (QED) is 0.633. The van der Waals surface area contributed by atoms with Gasteiger partial charge >= 0.3 is 0 Å². The van der Waals surface area contributed by atoms with E-state index in [1.165, 1.54) is 7.11 Å². The third-order valence-electron chi connectivity index (χ3n) is 5.86. The minimum absolute atomic E-state index is 0.123. The lowest BCUT2D eigenvalue weighted by Gasteiger charge is -2.45. The monoisotopic (exact) mass is 456 g/mol. The average Bonchev–Trinajstić information content (AvgIpc) is 2.74.